The molecule has 1 aliphatic heterocycles. The van der Waals surface area contributed by atoms with E-state index in [0.717, 1.165) is 5.69 Å². The zero-order valence-corrected chi connectivity index (χ0v) is 14.1. The largest absolute Gasteiger partial charge is 0.480 e. The molecule has 0 bridgehead atoms. The predicted octanol–water partition coefficient (Wildman–Crippen LogP) is 2.28. The summed E-state index contributed by atoms with van der Waals surface area (Å²) in [5.74, 6) is -1.17. The van der Waals surface area contributed by atoms with Gasteiger partial charge in [-0.25, -0.2) is 9.59 Å². The first kappa shape index (κ1) is 17.4. The summed E-state index contributed by atoms with van der Waals surface area (Å²) < 4.78 is 0. The first-order valence-electron chi connectivity index (χ1n) is 7.67. The minimum atomic E-state index is -1.01. The van der Waals surface area contributed by atoms with Gasteiger partial charge in [0.05, 0.1) is 0 Å². The van der Waals surface area contributed by atoms with Crippen LogP contribution in [0, 0.1) is 5.92 Å². The van der Waals surface area contributed by atoms with Gasteiger partial charge in [-0.15, -0.1) is 0 Å². The molecule has 0 aliphatic carbocycles. The quantitative estimate of drug-likeness (QED) is 0.882. The van der Waals surface area contributed by atoms with E-state index in [-0.39, 0.29) is 11.9 Å². The van der Waals surface area contributed by atoms with Crippen molar-refractivity contribution >= 4 is 29.3 Å². The van der Waals surface area contributed by atoms with Gasteiger partial charge in [-0.2, -0.15) is 0 Å². The summed E-state index contributed by atoms with van der Waals surface area (Å²) in [7, 11) is 0. The number of hydrogen-bond acceptors (Lipinski definition) is 3. The zero-order valence-electron chi connectivity index (χ0n) is 13.3. The summed E-state index contributed by atoms with van der Waals surface area (Å²) >= 11 is 5.89. The number of nitrogens with zero attached hydrogens (tertiary/aromatic N) is 2. The van der Waals surface area contributed by atoms with Gasteiger partial charge >= 0.3 is 12.0 Å². The van der Waals surface area contributed by atoms with Crippen molar-refractivity contribution in [3.05, 3.63) is 29.3 Å². The van der Waals surface area contributed by atoms with E-state index in [2.05, 4.69) is 10.2 Å². The van der Waals surface area contributed by atoms with Crippen LogP contribution in [0.15, 0.2) is 24.3 Å². The number of carbonyl (C=O) groups excluding carboxylic acids is 1. The maximum atomic E-state index is 12.2. The van der Waals surface area contributed by atoms with Crippen molar-refractivity contribution in [2.45, 2.75) is 19.9 Å². The number of halogens is 1. The van der Waals surface area contributed by atoms with Crippen LogP contribution in [0.25, 0.3) is 0 Å². The number of aliphatic carboxylic acids is 1. The lowest BCUT2D eigenvalue weighted by molar-refractivity contribution is -0.140. The van der Waals surface area contributed by atoms with Crippen molar-refractivity contribution in [1.29, 1.82) is 0 Å². The number of amides is 2. The Hall–Kier alpha value is -1.95. The molecule has 1 saturated heterocycles. The van der Waals surface area contributed by atoms with E-state index in [1.54, 1.807) is 18.7 Å². The zero-order chi connectivity index (χ0) is 17.0. The molecule has 0 unspecified atom stereocenters. The highest BCUT2D eigenvalue weighted by molar-refractivity contribution is 6.30. The van der Waals surface area contributed by atoms with Crippen LogP contribution in [0.3, 0.4) is 0 Å². The minimum Gasteiger partial charge on any atom is -0.480 e. The summed E-state index contributed by atoms with van der Waals surface area (Å²) in [5.41, 5.74) is 1.07. The molecule has 1 aliphatic rings. The van der Waals surface area contributed by atoms with Crippen molar-refractivity contribution in [3.63, 3.8) is 0 Å². The number of urea groups is 1. The van der Waals surface area contributed by atoms with E-state index in [4.69, 9.17) is 16.7 Å². The molecule has 0 radical (unpaired) electrons. The molecule has 0 spiro atoms. The Labute approximate surface area is 141 Å². The molecule has 7 heteroatoms. The van der Waals surface area contributed by atoms with Gasteiger partial charge in [0.25, 0.3) is 0 Å². The molecule has 1 fully saturated rings. The standard InChI is InChI=1S/C16H22ClN3O3/c1-11(2)14(15(21)22)18-16(23)20-9-7-19(8-10-20)13-5-3-12(17)4-6-13/h3-6,11,14H,7-10H2,1-2H3,(H,18,23)(H,21,22)/t14-/m0/s1. The molecule has 2 rings (SSSR count). The lowest BCUT2D eigenvalue weighted by Gasteiger charge is -2.36. The fraction of sp³-hybridized carbons (Fsp3) is 0.500. The lowest BCUT2D eigenvalue weighted by atomic mass is 10.1. The number of carbonyl (C=O) groups is 2. The van der Waals surface area contributed by atoms with Gasteiger partial charge in [-0.1, -0.05) is 25.4 Å². The first-order chi connectivity index (χ1) is 10.9. The maximum absolute atomic E-state index is 12.2. The van der Waals surface area contributed by atoms with Gasteiger partial charge in [0.2, 0.25) is 0 Å². The van der Waals surface area contributed by atoms with Crippen molar-refractivity contribution in [2.75, 3.05) is 31.1 Å². The molecule has 2 N–H and O–H groups in total. The van der Waals surface area contributed by atoms with Crippen molar-refractivity contribution < 1.29 is 14.7 Å². The molecule has 0 aromatic heterocycles. The third kappa shape index (κ3) is 4.51. The van der Waals surface area contributed by atoms with Crippen LogP contribution in [0.2, 0.25) is 5.02 Å². The van der Waals surface area contributed by atoms with E-state index in [1.807, 2.05) is 24.3 Å². The van der Waals surface area contributed by atoms with Gasteiger partial charge in [-0.05, 0) is 30.2 Å². The van der Waals surface area contributed by atoms with Gasteiger partial charge in [-0.3, -0.25) is 0 Å². The fourth-order valence-corrected chi connectivity index (χ4v) is 2.68. The summed E-state index contributed by atoms with van der Waals surface area (Å²) in [6, 6.07) is 6.42. The minimum absolute atomic E-state index is 0.160. The van der Waals surface area contributed by atoms with Crippen LogP contribution in [-0.2, 0) is 4.79 Å². The predicted molar refractivity (Wildman–Crippen MR) is 90.0 cm³/mol. The molecule has 126 valence electrons. The number of piperazine rings is 1. The van der Waals surface area contributed by atoms with Crippen LogP contribution in [0.1, 0.15) is 13.8 Å². The smallest absolute Gasteiger partial charge is 0.326 e. The Bertz CT molecular complexity index is 554. The summed E-state index contributed by atoms with van der Waals surface area (Å²) in [5, 5.41) is 12.4. The summed E-state index contributed by atoms with van der Waals surface area (Å²) in [6.45, 7) is 6.07. The summed E-state index contributed by atoms with van der Waals surface area (Å²) in [6.07, 6.45) is 0. The van der Waals surface area contributed by atoms with Crippen molar-refractivity contribution in [2.24, 2.45) is 5.92 Å². The highest BCUT2D eigenvalue weighted by Crippen LogP contribution is 2.19. The first-order valence-corrected chi connectivity index (χ1v) is 8.05. The normalized spacial score (nSPS) is 16.3. The highest BCUT2D eigenvalue weighted by Gasteiger charge is 2.27. The molecule has 1 aromatic carbocycles. The number of nitrogens with one attached hydrogen (secondary N) is 1. The van der Waals surface area contributed by atoms with Gasteiger partial charge in [0.1, 0.15) is 6.04 Å². The second kappa shape index (κ2) is 7.55. The second-order valence-electron chi connectivity index (χ2n) is 5.96. The van der Waals surface area contributed by atoms with Crippen LogP contribution >= 0.6 is 11.6 Å². The van der Waals surface area contributed by atoms with Gasteiger partial charge in [0, 0.05) is 36.9 Å². The van der Waals surface area contributed by atoms with Crippen LogP contribution in [0.4, 0.5) is 10.5 Å². The van der Waals surface area contributed by atoms with Crippen molar-refractivity contribution in [1.82, 2.24) is 10.2 Å². The van der Waals surface area contributed by atoms with Crippen LogP contribution in [0.5, 0.6) is 0 Å². The maximum Gasteiger partial charge on any atom is 0.326 e. The molecule has 2 amide bonds. The highest BCUT2D eigenvalue weighted by atomic mass is 35.5. The molecule has 1 aromatic rings. The number of carboxylic acids is 1. The number of rotatable bonds is 4. The van der Waals surface area contributed by atoms with Crippen LogP contribution in [-0.4, -0.2) is 54.2 Å². The molecule has 23 heavy (non-hydrogen) atoms. The van der Waals surface area contributed by atoms with Gasteiger partial charge in [0.15, 0.2) is 0 Å². The molecular formula is C16H22ClN3O3. The monoisotopic (exact) mass is 339 g/mol. The topological polar surface area (TPSA) is 72.9 Å². The second-order valence-corrected chi connectivity index (χ2v) is 6.40. The Balaban J connectivity index is 1.89. The number of carboxylic acid groups (broad SMARTS) is 1. The van der Waals surface area contributed by atoms with E-state index < -0.39 is 12.0 Å². The summed E-state index contributed by atoms with van der Waals surface area (Å²) in [4.78, 5) is 27.2. The van der Waals surface area contributed by atoms with Crippen LogP contribution < -0.4 is 10.2 Å². The average molecular weight is 340 g/mol. The number of anilines is 1. The molecule has 1 atom stereocenters. The number of benzene rings is 1. The number of hydrogen-bond donors (Lipinski definition) is 2. The van der Waals surface area contributed by atoms with E-state index in [9.17, 15) is 9.59 Å². The van der Waals surface area contributed by atoms with Gasteiger partial charge < -0.3 is 20.2 Å². The third-order valence-corrected chi connectivity index (χ3v) is 4.22. The Kier molecular flexibility index (Phi) is 5.71. The molecular weight excluding hydrogens is 318 g/mol. The Morgan fingerprint density at radius 1 is 1.13 bits per heavy atom. The molecule has 6 nitrogen and oxygen atoms in total. The fourth-order valence-electron chi connectivity index (χ4n) is 2.56. The average Bonchev–Trinajstić information content (AvgIpc) is 2.52. The van der Waals surface area contributed by atoms with E-state index in [1.165, 1.54) is 0 Å². The third-order valence-electron chi connectivity index (χ3n) is 3.97. The Morgan fingerprint density at radius 2 is 1.70 bits per heavy atom. The van der Waals surface area contributed by atoms with Crippen molar-refractivity contribution in [3.8, 4) is 0 Å². The molecule has 0 saturated carbocycles. The SMILES string of the molecule is CC(C)[C@H](NC(=O)N1CCN(c2ccc(Cl)cc2)CC1)C(=O)O. The van der Waals surface area contributed by atoms with E-state index in [0.29, 0.717) is 31.2 Å². The van der Waals surface area contributed by atoms with E-state index >= 15 is 0 Å². The lowest BCUT2D eigenvalue weighted by Crippen LogP contribution is -2.55. The molecule has 1 heterocycles. The Morgan fingerprint density at radius 3 is 2.17 bits per heavy atom.